The van der Waals surface area contributed by atoms with Gasteiger partial charge in [-0.15, -0.1) is 0 Å². The lowest BCUT2D eigenvalue weighted by Crippen LogP contribution is -2.50. The normalized spacial score (nSPS) is 42.4. The Labute approximate surface area is 170 Å². The predicted molar refractivity (Wildman–Crippen MR) is 111 cm³/mol. The molecule has 1 N–H and O–H groups in total. The number of carbonyl (C=O) groups is 2. The molecule has 0 aliphatic heterocycles. The summed E-state index contributed by atoms with van der Waals surface area (Å²) in [5, 5.41) is 8.82. The molecule has 0 aromatic carbocycles. The van der Waals surface area contributed by atoms with Gasteiger partial charge in [-0.2, -0.15) is 0 Å². The molecular formula is C25H38O3. The molecule has 0 spiro atoms. The topological polar surface area (TPSA) is 54.4 Å². The molecular weight excluding hydrogens is 348 g/mol. The molecule has 0 aromatic rings. The molecule has 6 atom stereocenters. The molecule has 0 aromatic heterocycles. The molecule has 0 amide bonds. The van der Waals surface area contributed by atoms with Crippen LogP contribution in [0.5, 0.6) is 0 Å². The van der Waals surface area contributed by atoms with Gasteiger partial charge in [-0.1, -0.05) is 32.3 Å². The van der Waals surface area contributed by atoms with Crippen LogP contribution in [0.2, 0.25) is 0 Å². The Morgan fingerprint density at radius 1 is 1.04 bits per heavy atom. The number of hydrogen-bond acceptors (Lipinski definition) is 2. The van der Waals surface area contributed by atoms with Crippen molar-refractivity contribution in [2.45, 2.75) is 97.3 Å². The number of aliphatic carboxylic acids is 1. The second kappa shape index (κ2) is 7.61. The maximum atomic E-state index is 12.0. The predicted octanol–water partition coefficient (Wildman–Crippen LogP) is 6.17. The van der Waals surface area contributed by atoms with Crippen molar-refractivity contribution in [2.75, 3.05) is 0 Å². The minimum atomic E-state index is -0.658. The van der Waals surface area contributed by atoms with Crippen LogP contribution >= 0.6 is 0 Å². The lowest BCUT2D eigenvalue weighted by molar-refractivity contribution is -0.137. The van der Waals surface area contributed by atoms with Crippen LogP contribution in [0.25, 0.3) is 0 Å². The summed E-state index contributed by atoms with van der Waals surface area (Å²) < 4.78 is 0. The first-order chi connectivity index (χ1) is 13.3. The highest BCUT2D eigenvalue weighted by Crippen LogP contribution is 2.67. The molecule has 4 aliphatic rings. The Morgan fingerprint density at radius 2 is 1.86 bits per heavy atom. The zero-order valence-corrected chi connectivity index (χ0v) is 17.8. The first-order valence-corrected chi connectivity index (χ1v) is 11.8. The van der Waals surface area contributed by atoms with Gasteiger partial charge in [-0.3, -0.25) is 9.59 Å². The minimum Gasteiger partial charge on any atom is -0.481 e. The van der Waals surface area contributed by atoms with E-state index in [4.69, 9.17) is 5.11 Å². The number of hydrogen-bond donors (Lipinski definition) is 1. The van der Waals surface area contributed by atoms with Crippen LogP contribution in [-0.4, -0.2) is 16.9 Å². The second-order valence-corrected chi connectivity index (χ2v) is 10.8. The molecule has 3 nitrogen and oxygen atoms in total. The molecule has 0 heterocycles. The summed E-state index contributed by atoms with van der Waals surface area (Å²) in [6.07, 6.45) is 16.5. The van der Waals surface area contributed by atoms with Gasteiger partial charge in [0.15, 0.2) is 5.78 Å². The van der Waals surface area contributed by atoms with Crippen LogP contribution in [0.15, 0.2) is 11.6 Å². The summed E-state index contributed by atoms with van der Waals surface area (Å²) in [4.78, 5) is 22.7. The van der Waals surface area contributed by atoms with Gasteiger partial charge in [-0.05, 0) is 98.4 Å². The number of carbonyl (C=O) groups excluding carboxylic acids is 1. The van der Waals surface area contributed by atoms with Crippen molar-refractivity contribution in [3.05, 3.63) is 11.6 Å². The molecule has 4 rings (SSSR count). The smallest absolute Gasteiger partial charge is 0.303 e. The van der Waals surface area contributed by atoms with Gasteiger partial charge in [0.2, 0.25) is 0 Å². The molecule has 3 saturated carbocycles. The molecule has 0 saturated heterocycles. The average molecular weight is 387 g/mol. The van der Waals surface area contributed by atoms with Crippen molar-refractivity contribution in [3.8, 4) is 0 Å². The summed E-state index contributed by atoms with van der Waals surface area (Å²) in [5.74, 6) is 3.04. The number of unbranched alkanes of at least 4 members (excludes halogenated alkanes) is 2. The van der Waals surface area contributed by atoms with Crippen LogP contribution in [0.3, 0.4) is 0 Å². The summed E-state index contributed by atoms with van der Waals surface area (Å²) in [5.41, 5.74) is 2.25. The van der Waals surface area contributed by atoms with E-state index in [0.29, 0.717) is 17.6 Å². The zero-order chi connectivity index (χ0) is 19.9. The maximum Gasteiger partial charge on any atom is 0.303 e. The maximum absolute atomic E-state index is 12.0. The number of carboxylic acids is 1. The highest BCUT2D eigenvalue weighted by Gasteiger charge is 2.58. The second-order valence-electron chi connectivity index (χ2n) is 10.8. The van der Waals surface area contributed by atoms with Crippen LogP contribution in [-0.2, 0) is 9.59 Å². The van der Waals surface area contributed by atoms with E-state index in [9.17, 15) is 9.59 Å². The third-order valence-corrected chi connectivity index (χ3v) is 9.60. The Morgan fingerprint density at radius 3 is 2.64 bits per heavy atom. The molecule has 28 heavy (non-hydrogen) atoms. The average Bonchev–Trinajstić information content (AvgIpc) is 2.98. The lowest BCUT2D eigenvalue weighted by Gasteiger charge is -2.58. The Bertz CT molecular complexity index is 665. The van der Waals surface area contributed by atoms with Gasteiger partial charge < -0.3 is 5.11 Å². The lowest BCUT2D eigenvalue weighted by atomic mass is 9.46. The quantitative estimate of drug-likeness (QED) is 0.555. The fourth-order valence-electron chi connectivity index (χ4n) is 7.99. The first-order valence-electron chi connectivity index (χ1n) is 11.8. The van der Waals surface area contributed by atoms with Crippen molar-refractivity contribution >= 4 is 11.8 Å². The summed E-state index contributed by atoms with van der Waals surface area (Å²) in [7, 11) is 0. The van der Waals surface area contributed by atoms with Crippen molar-refractivity contribution < 1.29 is 14.7 Å². The van der Waals surface area contributed by atoms with Gasteiger partial charge >= 0.3 is 5.97 Å². The fourth-order valence-corrected chi connectivity index (χ4v) is 7.99. The van der Waals surface area contributed by atoms with Crippen molar-refractivity contribution in [3.63, 3.8) is 0 Å². The van der Waals surface area contributed by atoms with Gasteiger partial charge in [-0.25, -0.2) is 0 Å². The number of fused-ring (bicyclic) bond motifs is 5. The molecule has 4 aliphatic carbocycles. The fraction of sp³-hybridized carbons (Fsp3) is 0.840. The summed E-state index contributed by atoms with van der Waals surface area (Å²) >= 11 is 0. The molecule has 6 unspecified atom stereocenters. The van der Waals surface area contributed by atoms with Crippen LogP contribution < -0.4 is 0 Å². The largest absolute Gasteiger partial charge is 0.481 e. The number of allylic oxidation sites excluding steroid dienone is 1. The summed E-state index contributed by atoms with van der Waals surface area (Å²) in [6.45, 7) is 5.06. The van der Waals surface area contributed by atoms with E-state index in [-0.39, 0.29) is 5.41 Å². The molecule has 0 radical (unpaired) electrons. The van der Waals surface area contributed by atoms with Crippen LogP contribution in [0, 0.1) is 34.5 Å². The highest BCUT2D eigenvalue weighted by atomic mass is 16.4. The molecule has 3 fully saturated rings. The minimum absolute atomic E-state index is 0.285. The van der Waals surface area contributed by atoms with E-state index in [1.807, 2.05) is 6.08 Å². The SMILES string of the molecule is CC12CCC(=O)C=C1CCC1C2CCC2(C)C(CCCCCC(=O)O)CCC12. The monoisotopic (exact) mass is 386 g/mol. The standard InChI is InChI=1S/C25H38O3/c1-24-15-13-22-20(10-8-18-16-19(26)12-14-25(18,22)2)21(24)11-9-17(24)6-4-3-5-7-23(27)28/h16-17,20-22H,3-15H2,1-2H3,(H,27,28). The molecule has 3 heteroatoms. The van der Waals surface area contributed by atoms with E-state index >= 15 is 0 Å². The van der Waals surface area contributed by atoms with Gasteiger partial charge in [0.1, 0.15) is 0 Å². The molecule has 0 bridgehead atoms. The van der Waals surface area contributed by atoms with E-state index in [1.165, 1.54) is 50.5 Å². The highest BCUT2D eigenvalue weighted by molar-refractivity contribution is 5.91. The first kappa shape index (κ1) is 20.2. The van der Waals surface area contributed by atoms with Crippen LogP contribution in [0.1, 0.15) is 97.3 Å². The zero-order valence-electron chi connectivity index (χ0n) is 17.8. The van der Waals surface area contributed by atoms with E-state index in [1.54, 1.807) is 0 Å². The summed E-state index contributed by atoms with van der Waals surface area (Å²) in [6, 6.07) is 0. The van der Waals surface area contributed by atoms with Gasteiger partial charge in [0.25, 0.3) is 0 Å². The van der Waals surface area contributed by atoms with Crippen molar-refractivity contribution in [1.82, 2.24) is 0 Å². The Balaban J connectivity index is 1.42. The number of ketones is 1. The number of rotatable bonds is 6. The number of carboxylic acid groups (broad SMARTS) is 1. The van der Waals surface area contributed by atoms with E-state index in [2.05, 4.69) is 13.8 Å². The van der Waals surface area contributed by atoms with Gasteiger partial charge in [0.05, 0.1) is 0 Å². The van der Waals surface area contributed by atoms with Crippen molar-refractivity contribution in [2.24, 2.45) is 34.5 Å². The van der Waals surface area contributed by atoms with Gasteiger partial charge in [0, 0.05) is 12.8 Å². The third kappa shape index (κ3) is 3.37. The Kier molecular flexibility index (Phi) is 5.48. The Hall–Kier alpha value is -1.12. The van der Waals surface area contributed by atoms with Crippen LogP contribution in [0.4, 0.5) is 0 Å². The third-order valence-electron chi connectivity index (χ3n) is 9.60. The van der Waals surface area contributed by atoms with E-state index in [0.717, 1.165) is 55.8 Å². The van der Waals surface area contributed by atoms with E-state index < -0.39 is 5.97 Å². The van der Waals surface area contributed by atoms with Crippen molar-refractivity contribution in [1.29, 1.82) is 0 Å². The molecule has 156 valence electrons.